The summed E-state index contributed by atoms with van der Waals surface area (Å²) in [5.74, 6) is 0.640. The van der Waals surface area contributed by atoms with E-state index in [9.17, 15) is 61.3 Å². The number of aliphatic hydroxyl groups excluding tert-OH is 12. The highest BCUT2D eigenvalue weighted by atomic mass is 16.8. The van der Waals surface area contributed by atoms with Gasteiger partial charge in [0.2, 0.25) is 0 Å². The molecule has 0 amide bonds. The third-order valence-electron chi connectivity index (χ3n) is 18.8. The summed E-state index contributed by atoms with van der Waals surface area (Å²) in [5.41, 5.74) is -1.39. The van der Waals surface area contributed by atoms with Gasteiger partial charge in [-0.3, -0.25) is 0 Å². The first-order valence-electron chi connectivity index (χ1n) is 24.4. The molecular formula is C48H82O18. The van der Waals surface area contributed by atoms with E-state index in [0.717, 1.165) is 25.7 Å². The van der Waals surface area contributed by atoms with Gasteiger partial charge in [0.1, 0.15) is 67.1 Å². The zero-order chi connectivity index (χ0) is 48.8. The molecule has 7 aliphatic rings. The highest BCUT2D eigenvalue weighted by Gasteiger charge is 2.70. The maximum atomic E-state index is 12.5. The maximum Gasteiger partial charge on any atom is 0.187 e. The van der Waals surface area contributed by atoms with Crippen LogP contribution < -0.4 is 0 Å². The lowest BCUT2D eigenvalue weighted by Crippen LogP contribution is -2.65. The van der Waals surface area contributed by atoms with Crippen molar-refractivity contribution in [1.29, 1.82) is 0 Å². The summed E-state index contributed by atoms with van der Waals surface area (Å²) in [5, 5.41) is 129. The minimum atomic E-state index is -1.72. The molecule has 3 saturated carbocycles. The van der Waals surface area contributed by atoms with Gasteiger partial charge in [-0.1, -0.05) is 53.2 Å². The first-order chi connectivity index (χ1) is 30.7. The van der Waals surface area contributed by atoms with Gasteiger partial charge in [0, 0.05) is 10.8 Å². The summed E-state index contributed by atoms with van der Waals surface area (Å²) in [7, 11) is 0. The lowest BCUT2D eigenvalue weighted by Gasteiger charge is -2.67. The molecule has 0 radical (unpaired) electrons. The van der Waals surface area contributed by atoms with Gasteiger partial charge in [0.15, 0.2) is 18.9 Å². The topological polar surface area (TPSA) is 298 Å². The van der Waals surface area contributed by atoms with Crippen molar-refractivity contribution in [2.45, 2.75) is 230 Å². The van der Waals surface area contributed by atoms with Crippen LogP contribution in [-0.2, 0) is 28.4 Å². The molecule has 0 aromatic heterocycles. The van der Waals surface area contributed by atoms with E-state index in [1.165, 1.54) is 12.5 Å². The molecule has 0 aromatic carbocycles. The van der Waals surface area contributed by atoms with Crippen LogP contribution >= 0.6 is 0 Å². The molecule has 3 saturated heterocycles. The van der Waals surface area contributed by atoms with Crippen LogP contribution in [0.25, 0.3) is 0 Å². The van der Waals surface area contributed by atoms with Crippen molar-refractivity contribution in [3.05, 3.63) is 11.6 Å². The van der Waals surface area contributed by atoms with Gasteiger partial charge in [-0.05, 0) is 107 Å². The number of fused-ring (bicyclic) bond motifs is 5. The van der Waals surface area contributed by atoms with Crippen LogP contribution in [0.15, 0.2) is 11.6 Å². The fourth-order valence-corrected chi connectivity index (χ4v) is 14.2. The van der Waals surface area contributed by atoms with Crippen molar-refractivity contribution < 1.29 is 89.7 Å². The van der Waals surface area contributed by atoms with Crippen molar-refractivity contribution in [2.75, 3.05) is 13.2 Å². The monoisotopic (exact) mass is 947 g/mol. The Morgan fingerprint density at radius 2 is 1.27 bits per heavy atom. The smallest absolute Gasteiger partial charge is 0.187 e. The standard InChI is InChI=1S/C48H82O18/c1-21(10-14-29(51)45(5,6)66-43-40(37(58)34(55)27(20-50)63-43)65-41-38(59)35(56)32(53)22(2)61-41)23-16-17-46(7)28-13-11-24-25(48(28,9)30(52)18-47(23,46)8)12-15-31(44(24,3)4)64-42-39(60)36(57)33(54)26(19-49)62-42/h11,21-23,25-43,49-60H,10,12-20H2,1-9H3. The molecule has 3 aliphatic heterocycles. The number of hydrogen-bond donors (Lipinski definition) is 12. The van der Waals surface area contributed by atoms with Crippen LogP contribution in [0.5, 0.6) is 0 Å². The first kappa shape index (κ1) is 52.8. The van der Waals surface area contributed by atoms with E-state index in [1.54, 1.807) is 13.8 Å². The SMILES string of the molecule is CC(CCC(O)C(C)(C)OC1OC(CO)C(O)C(O)C1OC1OC(C)C(O)C(O)C1O)C1CCC2(C)C3CC=C4C(CCC(OC5OC(CO)C(O)C(O)C5O)C4(C)C)C3(C)C(O)CC12C. The van der Waals surface area contributed by atoms with Crippen molar-refractivity contribution in [3.63, 3.8) is 0 Å². The van der Waals surface area contributed by atoms with E-state index in [-0.39, 0.29) is 34.5 Å². The molecule has 0 bridgehead atoms. The fourth-order valence-electron chi connectivity index (χ4n) is 14.2. The van der Waals surface area contributed by atoms with Crippen LogP contribution in [0.2, 0.25) is 0 Å². The Bertz CT molecular complexity index is 1700. The maximum absolute atomic E-state index is 12.5. The fraction of sp³-hybridized carbons (Fsp3) is 0.958. The zero-order valence-electron chi connectivity index (χ0n) is 40.2. The third kappa shape index (κ3) is 8.69. The minimum Gasteiger partial charge on any atom is -0.394 e. The largest absolute Gasteiger partial charge is 0.394 e. The number of hydrogen-bond acceptors (Lipinski definition) is 18. The summed E-state index contributed by atoms with van der Waals surface area (Å²) < 4.78 is 35.8. The number of aliphatic hydroxyl groups is 12. The van der Waals surface area contributed by atoms with Gasteiger partial charge in [0.05, 0.1) is 43.2 Å². The van der Waals surface area contributed by atoms with Gasteiger partial charge >= 0.3 is 0 Å². The molecule has 7 rings (SSSR count). The molecule has 18 heteroatoms. The Balaban J connectivity index is 1.02. The van der Waals surface area contributed by atoms with Gasteiger partial charge in [-0.15, -0.1) is 0 Å². The van der Waals surface area contributed by atoms with Crippen molar-refractivity contribution in [3.8, 4) is 0 Å². The average molecular weight is 947 g/mol. The second-order valence-corrected chi connectivity index (χ2v) is 23.0. The Labute approximate surface area is 388 Å². The quantitative estimate of drug-likeness (QED) is 0.108. The molecule has 382 valence electrons. The highest BCUT2D eigenvalue weighted by Crippen LogP contribution is 2.75. The van der Waals surface area contributed by atoms with E-state index in [2.05, 4.69) is 47.6 Å². The second kappa shape index (κ2) is 19.2. The van der Waals surface area contributed by atoms with Crippen LogP contribution in [0.1, 0.15) is 114 Å². The predicted molar refractivity (Wildman–Crippen MR) is 234 cm³/mol. The molecular weight excluding hydrogens is 865 g/mol. The van der Waals surface area contributed by atoms with Gasteiger partial charge in [-0.2, -0.15) is 0 Å². The predicted octanol–water partition coefficient (Wildman–Crippen LogP) is -0.0284. The van der Waals surface area contributed by atoms with Crippen molar-refractivity contribution in [2.24, 2.45) is 45.3 Å². The Morgan fingerprint density at radius 1 is 0.697 bits per heavy atom. The molecule has 25 atom stereocenters. The normalized spacial score (nSPS) is 51.6. The number of allylic oxidation sites excluding steroid dienone is 1. The van der Waals surface area contributed by atoms with E-state index in [1.807, 2.05) is 0 Å². The molecule has 3 heterocycles. The first-order valence-corrected chi connectivity index (χ1v) is 24.4. The van der Waals surface area contributed by atoms with Gasteiger partial charge in [0.25, 0.3) is 0 Å². The summed E-state index contributed by atoms with van der Waals surface area (Å²) in [6.07, 6.45) is -15.6. The van der Waals surface area contributed by atoms with Crippen LogP contribution in [0.4, 0.5) is 0 Å². The van der Waals surface area contributed by atoms with E-state index in [4.69, 9.17) is 28.4 Å². The van der Waals surface area contributed by atoms with Crippen molar-refractivity contribution in [1.82, 2.24) is 0 Å². The number of ether oxygens (including phenoxy) is 6. The third-order valence-corrected chi connectivity index (χ3v) is 18.8. The van der Waals surface area contributed by atoms with Crippen molar-refractivity contribution >= 4 is 0 Å². The second-order valence-electron chi connectivity index (χ2n) is 23.0. The zero-order valence-corrected chi connectivity index (χ0v) is 40.2. The summed E-state index contributed by atoms with van der Waals surface area (Å²) in [6, 6.07) is 0. The van der Waals surface area contributed by atoms with Crippen LogP contribution in [0, 0.1) is 45.3 Å². The molecule has 66 heavy (non-hydrogen) atoms. The summed E-state index contributed by atoms with van der Waals surface area (Å²) in [6.45, 7) is 17.0. The lowest BCUT2D eigenvalue weighted by molar-refractivity contribution is -0.378. The molecule has 0 spiro atoms. The van der Waals surface area contributed by atoms with E-state index < -0.39 is 140 Å². The lowest BCUT2D eigenvalue weighted by atomic mass is 9.38. The molecule has 25 unspecified atom stereocenters. The molecule has 0 aromatic rings. The van der Waals surface area contributed by atoms with E-state index in [0.29, 0.717) is 25.7 Å². The van der Waals surface area contributed by atoms with Crippen LogP contribution in [0.3, 0.4) is 0 Å². The Kier molecular flexibility index (Phi) is 15.4. The van der Waals surface area contributed by atoms with Crippen LogP contribution in [-0.4, -0.2) is 191 Å². The Morgan fingerprint density at radius 3 is 1.89 bits per heavy atom. The number of rotatable bonds is 13. The summed E-state index contributed by atoms with van der Waals surface area (Å²) >= 11 is 0. The van der Waals surface area contributed by atoms with E-state index >= 15 is 0 Å². The minimum absolute atomic E-state index is 0.0737. The molecule has 4 aliphatic carbocycles. The molecule has 12 N–H and O–H groups in total. The summed E-state index contributed by atoms with van der Waals surface area (Å²) in [4.78, 5) is 0. The highest BCUT2D eigenvalue weighted by molar-refractivity contribution is 5.32. The van der Waals surface area contributed by atoms with Gasteiger partial charge in [-0.25, -0.2) is 0 Å². The van der Waals surface area contributed by atoms with Gasteiger partial charge < -0.3 is 89.7 Å². The molecule has 6 fully saturated rings. The molecule has 18 nitrogen and oxygen atoms in total. The average Bonchev–Trinajstić information content (AvgIpc) is 3.53. The Hall–Kier alpha value is -0.980.